The number of esters is 2. The molecular weight excluding hydrogens is 324 g/mol. The molecule has 0 aromatic rings. The van der Waals surface area contributed by atoms with Gasteiger partial charge in [0.1, 0.15) is 0 Å². The minimum absolute atomic E-state index is 0.139. The van der Waals surface area contributed by atoms with Crippen molar-refractivity contribution < 1.29 is 29.0 Å². The molecule has 6 nitrogen and oxygen atoms in total. The van der Waals surface area contributed by atoms with Crippen molar-refractivity contribution in [1.82, 2.24) is 0 Å². The Morgan fingerprint density at radius 2 is 1.36 bits per heavy atom. The summed E-state index contributed by atoms with van der Waals surface area (Å²) in [7, 11) is 0. The highest BCUT2D eigenvalue weighted by atomic mass is 16.5. The molecule has 0 aromatic carbocycles. The Balaban J connectivity index is 2.69. The molecule has 0 aliphatic heterocycles. The molecule has 0 heterocycles. The standard InChI is InChI=1S/C19H32O6/c1-12(2)7-9-24-18(22)15-6-5-14(17(20)21)11-16(15)19(23)25-10-8-13(3)4/h12-16H,5-11H2,1-4H3,(H,20,21). The van der Waals surface area contributed by atoms with Crippen LogP contribution in [0.2, 0.25) is 0 Å². The molecule has 1 fully saturated rings. The van der Waals surface area contributed by atoms with Crippen molar-refractivity contribution in [3.05, 3.63) is 0 Å². The molecule has 0 saturated heterocycles. The van der Waals surface area contributed by atoms with E-state index in [1.807, 2.05) is 27.7 Å². The van der Waals surface area contributed by atoms with Gasteiger partial charge in [0.25, 0.3) is 0 Å². The Kier molecular flexibility index (Phi) is 8.93. The van der Waals surface area contributed by atoms with Gasteiger partial charge in [-0.15, -0.1) is 0 Å². The van der Waals surface area contributed by atoms with Gasteiger partial charge in [-0.2, -0.15) is 0 Å². The minimum atomic E-state index is -0.924. The SMILES string of the molecule is CC(C)CCOC(=O)C1CCC(C(=O)O)CC1C(=O)OCCC(C)C. The fraction of sp³-hybridized carbons (Fsp3) is 0.842. The number of ether oxygens (including phenoxy) is 2. The van der Waals surface area contributed by atoms with Crippen molar-refractivity contribution in [1.29, 1.82) is 0 Å². The smallest absolute Gasteiger partial charge is 0.309 e. The zero-order chi connectivity index (χ0) is 19.0. The Morgan fingerprint density at radius 3 is 1.80 bits per heavy atom. The van der Waals surface area contributed by atoms with Gasteiger partial charge in [0.05, 0.1) is 31.0 Å². The zero-order valence-corrected chi connectivity index (χ0v) is 15.8. The van der Waals surface area contributed by atoms with Crippen LogP contribution in [0, 0.1) is 29.6 Å². The van der Waals surface area contributed by atoms with Crippen molar-refractivity contribution in [3.8, 4) is 0 Å². The minimum Gasteiger partial charge on any atom is -0.481 e. The largest absolute Gasteiger partial charge is 0.481 e. The third-order valence-corrected chi connectivity index (χ3v) is 4.68. The van der Waals surface area contributed by atoms with E-state index in [0.29, 0.717) is 37.9 Å². The summed E-state index contributed by atoms with van der Waals surface area (Å²) in [6, 6.07) is 0. The van der Waals surface area contributed by atoms with Gasteiger partial charge in [0.15, 0.2) is 0 Å². The van der Waals surface area contributed by atoms with Crippen LogP contribution in [0.15, 0.2) is 0 Å². The zero-order valence-electron chi connectivity index (χ0n) is 15.8. The number of aliphatic carboxylic acids is 1. The van der Waals surface area contributed by atoms with Gasteiger partial charge >= 0.3 is 17.9 Å². The van der Waals surface area contributed by atoms with Crippen LogP contribution in [0.3, 0.4) is 0 Å². The molecule has 0 bridgehead atoms. The van der Waals surface area contributed by atoms with Crippen molar-refractivity contribution in [2.45, 2.75) is 59.8 Å². The highest BCUT2D eigenvalue weighted by molar-refractivity contribution is 5.83. The van der Waals surface area contributed by atoms with Crippen LogP contribution in [0.25, 0.3) is 0 Å². The summed E-state index contributed by atoms with van der Waals surface area (Å²) in [4.78, 5) is 36.1. The highest BCUT2D eigenvalue weighted by Crippen LogP contribution is 2.36. The fourth-order valence-corrected chi connectivity index (χ4v) is 2.94. The van der Waals surface area contributed by atoms with Gasteiger partial charge in [-0.05, 0) is 43.9 Å². The first kappa shape index (κ1) is 21.5. The topological polar surface area (TPSA) is 89.9 Å². The average Bonchev–Trinajstić information content (AvgIpc) is 2.53. The summed E-state index contributed by atoms with van der Waals surface area (Å²) in [5.41, 5.74) is 0. The van der Waals surface area contributed by atoms with E-state index in [4.69, 9.17) is 9.47 Å². The first-order valence-corrected chi connectivity index (χ1v) is 9.28. The lowest BCUT2D eigenvalue weighted by atomic mass is 9.74. The predicted molar refractivity (Wildman–Crippen MR) is 92.8 cm³/mol. The van der Waals surface area contributed by atoms with Gasteiger partial charge < -0.3 is 14.6 Å². The van der Waals surface area contributed by atoms with E-state index < -0.39 is 35.7 Å². The van der Waals surface area contributed by atoms with Crippen LogP contribution in [0.5, 0.6) is 0 Å². The molecule has 1 aliphatic rings. The number of carboxylic acid groups (broad SMARTS) is 1. The maximum Gasteiger partial charge on any atom is 0.309 e. The first-order valence-electron chi connectivity index (χ1n) is 9.28. The Bertz CT molecular complexity index is 457. The van der Waals surface area contributed by atoms with Gasteiger partial charge in [-0.3, -0.25) is 14.4 Å². The summed E-state index contributed by atoms with van der Waals surface area (Å²) in [5.74, 6) is -2.92. The second-order valence-electron chi connectivity index (χ2n) is 7.76. The van der Waals surface area contributed by atoms with Crippen LogP contribution >= 0.6 is 0 Å². The van der Waals surface area contributed by atoms with E-state index in [9.17, 15) is 19.5 Å². The Morgan fingerprint density at radius 1 is 0.880 bits per heavy atom. The second kappa shape index (κ2) is 10.4. The third kappa shape index (κ3) is 7.45. The number of rotatable bonds is 9. The van der Waals surface area contributed by atoms with E-state index in [2.05, 4.69) is 0 Å². The highest BCUT2D eigenvalue weighted by Gasteiger charge is 2.43. The monoisotopic (exact) mass is 356 g/mol. The number of carboxylic acids is 1. The maximum atomic E-state index is 12.4. The Hall–Kier alpha value is -1.59. The lowest BCUT2D eigenvalue weighted by Gasteiger charge is -2.31. The molecular formula is C19H32O6. The second-order valence-corrected chi connectivity index (χ2v) is 7.76. The number of carbonyl (C=O) groups excluding carboxylic acids is 2. The van der Waals surface area contributed by atoms with E-state index in [1.165, 1.54) is 0 Å². The van der Waals surface area contributed by atoms with Gasteiger partial charge in [-0.1, -0.05) is 27.7 Å². The molecule has 1 aliphatic carbocycles. The van der Waals surface area contributed by atoms with Crippen molar-refractivity contribution in [2.24, 2.45) is 29.6 Å². The predicted octanol–water partition coefficient (Wildman–Crippen LogP) is 3.28. The maximum absolute atomic E-state index is 12.4. The third-order valence-electron chi connectivity index (χ3n) is 4.68. The molecule has 0 amide bonds. The lowest BCUT2D eigenvalue weighted by Crippen LogP contribution is -2.39. The van der Waals surface area contributed by atoms with Gasteiger partial charge in [0.2, 0.25) is 0 Å². The van der Waals surface area contributed by atoms with Crippen LogP contribution < -0.4 is 0 Å². The first-order chi connectivity index (χ1) is 11.7. The van der Waals surface area contributed by atoms with Crippen LogP contribution in [0.1, 0.15) is 59.8 Å². The normalized spacial score (nSPS) is 23.5. The molecule has 3 atom stereocenters. The van der Waals surface area contributed by atoms with Gasteiger partial charge in [-0.25, -0.2) is 0 Å². The van der Waals surface area contributed by atoms with Crippen molar-refractivity contribution >= 4 is 17.9 Å². The summed E-state index contributed by atoms with van der Waals surface area (Å²) in [6.45, 7) is 8.76. The van der Waals surface area contributed by atoms with Gasteiger partial charge in [0, 0.05) is 0 Å². The van der Waals surface area contributed by atoms with Crippen molar-refractivity contribution in [2.75, 3.05) is 13.2 Å². The molecule has 144 valence electrons. The van der Waals surface area contributed by atoms with E-state index in [0.717, 1.165) is 12.8 Å². The van der Waals surface area contributed by atoms with Crippen LogP contribution in [-0.2, 0) is 23.9 Å². The summed E-state index contributed by atoms with van der Waals surface area (Å²) in [5, 5.41) is 9.25. The number of carbonyl (C=O) groups is 3. The summed E-state index contributed by atoms with van der Waals surface area (Å²) in [6.07, 6.45) is 2.38. The van der Waals surface area contributed by atoms with E-state index in [1.54, 1.807) is 0 Å². The molecule has 3 unspecified atom stereocenters. The lowest BCUT2D eigenvalue weighted by molar-refractivity contribution is -0.166. The molecule has 1 N–H and O–H groups in total. The van der Waals surface area contributed by atoms with Crippen molar-refractivity contribution in [3.63, 3.8) is 0 Å². The van der Waals surface area contributed by atoms with Crippen LogP contribution in [-0.4, -0.2) is 36.2 Å². The van der Waals surface area contributed by atoms with E-state index in [-0.39, 0.29) is 6.42 Å². The summed E-state index contributed by atoms with van der Waals surface area (Å²) >= 11 is 0. The fourth-order valence-electron chi connectivity index (χ4n) is 2.94. The number of hydrogen-bond acceptors (Lipinski definition) is 5. The average molecular weight is 356 g/mol. The van der Waals surface area contributed by atoms with Crippen LogP contribution in [0.4, 0.5) is 0 Å². The molecule has 6 heteroatoms. The molecule has 25 heavy (non-hydrogen) atoms. The molecule has 0 radical (unpaired) electrons. The summed E-state index contributed by atoms with van der Waals surface area (Å²) < 4.78 is 10.6. The molecule has 0 aromatic heterocycles. The number of hydrogen-bond donors (Lipinski definition) is 1. The molecule has 0 spiro atoms. The van der Waals surface area contributed by atoms with E-state index >= 15 is 0 Å². The molecule has 1 rings (SSSR count). The molecule has 1 saturated carbocycles. The Labute approximate surface area is 150 Å². The quantitative estimate of drug-likeness (QED) is 0.638.